The molecule has 0 radical (unpaired) electrons. The van der Waals surface area contributed by atoms with Crippen LogP contribution in [0.3, 0.4) is 0 Å². The van der Waals surface area contributed by atoms with Crippen molar-refractivity contribution in [2.45, 2.75) is 39.2 Å². The molecule has 0 spiro atoms. The van der Waals surface area contributed by atoms with Crippen LogP contribution < -0.4 is 5.32 Å². The molecule has 2 nitrogen and oxygen atoms in total. The summed E-state index contributed by atoms with van der Waals surface area (Å²) in [5.41, 5.74) is 0. The molecule has 1 aliphatic rings. The molecule has 0 amide bonds. The Morgan fingerprint density at radius 3 is 2.64 bits per heavy atom. The highest BCUT2D eigenvalue weighted by Crippen LogP contribution is 2.33. The molecule has 0 aliphatic heterocycles. The van der Waals surface area contributed by atoms with E-state index in [1.54, 1.807) is 6.92 Å². The monoisotopic (exact) mass is 155 g/mol. The first-order valence-corrected chi connectivity index (χ1v) is 4.47. The van der Waals surface area contributed by atoms with Crippen molar-refractivity contribution in [3.05, 3.63) is 0 Å². The van der Waals surface area contributed by atoms with Crippen LogP contribution >= 0.6 is 0 Å². The maximum atomic E-state index is 10.6. The average molecular weight is 155 g/mol. The van der Waals surface area contributed by atoms with Gasteiger partial charge < -0.3 is 5.32 Å². The van der Waals surface area contributed by atoms with Gasteiger partial charge in [0.05, 0.1) is 6.54 Å². The zero-order valence-corrected chi connectivity index (χ0v) is 7.39. The molecule has 0 aromatic heterocycles. The summed E-state index contributed by atoms with van der Waals surface area (Å²) in [6.45, 7) is 4.36. The number of hydrogen-bond acceptors (Lipinski definition) is 2. The number of carbonyl (C=O) groups is 1. The lowest BCUT2D eigenvalue weighted by atomic mass is 10.1. The molecule has 0 heterocycles. The van der Waals surface area contributed by atoms with Crippen LogP contribution in [0.4, 0.5) is 0 Å². The summed E-state index contributed by atoms with van der Waals surface area (Å²) in [5.74, 6) is 1.10. The number of rotatable bonds is 5. The Kier molecular flexibility index (Phi) is 3.06. The molecule has 0 aromatic rings. The molecule has 1 rings (SSSR count). The molecule has 64 valence electrons. The van der Waals surface area contributed by atoms with Crippen molar-refractivity contribution in [2.24, 2.45) is 5.92 Å². The predicted molar refractivity (Wildman–Crippen MR) is 45.5 cm³/mol. The Morgan fingerprint density at radius 1 is 1.64 bits per heavy atom. The normalized spacial score (nSPS) is 19.8. The molecule has 11 heavy (non-hydrogen) atoms. The van der Waals surface area contributed by atoms with E-state index >= 15 is 0 Å². The Balaban J connectivity index is 2.15. The van der Waals surface area contributed by atoms with Crippen LogP contribution in [-0.4, -0.2) is 18.4 Å². The maximum absolute atomic E-state index is 10.6. The molecule has 1 unspecified atom stereocenters. The molecule has 0 aromatic carbocycles. The van der Waals surface area contributed by atoms with E-state index in [2.05, 4.69) is 12.2 Å². The molecule has 1 atom stereocenters. The Bertz CT molecular complexity index is 140. The van der Waals surface area contributed by atoms with Gasteiger partial charge in [0.1, 0.15) is 5.78 Å². The third-order valence-electron chi connectivity index (χ3n) is 2.24. The van der Waals surface area contributed by atoms with Gasteiger partial charge in [-0.1, -0.05) is 6.92 Å². The van der Waals surface area contributed by atoms with E-state index in [0.717, 1.165) is 12.3 Å². The van der Waals surface area contributed by atoms with Crippen molar-refractivity contribution in [3.63, 3.8) is 0 Å². The van der Waals surface area contributed by atoms with Gasteiger partial charge in [0.15, 0.2) is 0 Å². The van der Waals surface area contributed by atoms with Gasteiger partial charge in [0.25, 0.3) is 0 Å². The first-order chi connectivity index (χ1) is 5.24. The van der Waals surface area contributed by atoms with Gasteiger partial charge in [-0.15, -0.1) is 0 Å². The van der Waals surface area contributed by atoms with Gasteiger partial charge >= 0.3 is 0 Å². The average Bonchev–Trinajstić information content (AvgIpc) is 2.72. The van der Waals surface area contributed by atoms with Crippen LogP contribution in [0.25, 0.3) is 0 Å². The van der Waals surface area contributed by atoms with Crippen LogP contribution in [0.15, 0.2) is 0 Å². The van der Waals surface area contributed by atoms with E-state index < -0.39 is 0 Å². The molecular formula is C9H17NO. The lowest BCUT2D eigenvalue weighted by molar-refractivity contribution is -0.116. The van der Waals surface area contributed by atoms with E-state index in [-0.39, 0.29) is 5.78 Å². The molecule has 1 N–H and O–H groups in total. The van der Waals surface area contributed by atoms with Gasteiger partial charge in [-0.25, -0.2) is 0 Å². The summed E-state index contributed by atoms with van der Waals surface area (Å²) in [4.78, 5) is 10.6. The van der Waals surface area contributed by atoms with Gasteiger partial charge in [-0.05, 0) is 32.1 Å². The van der Waals surface area contributed by atoms with E-state index in [9.17, 15) is 4.79 Å². The summed E-state index contributed by atoms with van der Waals surface area (Å²) < 4.78 is 0. The van der Waals surface area contributed by atoms with Crippen molar-refractivity contribution >= 4 is 5.78 Å². The second-order valence-corrected chi connectivity index (χ2v) is 3.44. The SMILES string of the molecule is CCC(NCC(C)=O)C1CC1. The van der Waals surface area contributed by atoms with Crippen molar-refractivity contribution < 1.29 is 4.79 Å². The van der Waals surface area contributed by atoms with Gasteiger partial charge in [-0.3, -0.25) is 4.79 Å². The fourth-order valence-electron chi connectivity index (χ4n) is 1.42. The first kappa shape index (κ1) is 8.72. The minimum atomic E-state index is 0.240. The highest BCUT2D eigenvalue weighted by atomic mass is 16.1. The number of nitrogens with one attached hydrogen (secondary N) is 1. The Hall–Kier alpha value is -0.370. The zero-order chi connectivity index (χ0) is 8.27. The van der Waals surface area contributed by atoms with E-state index in [1.165, 1.54) is 12.8 Å². The molecule has 1 fully saturated rings. The zero-order valence-electron chi connectivity index (χ0n) is 7.39. The van der Waals surface area contributed by atoms with Gasteiger partial charge in [0, 0.05) is 6.04 Å². The van der Waals surface area contributed by atoms with Crippen molar-refractivity contribution in [1.29, 1.82) is 0 Å². The standard InChI is InChI=1S/C9H17NO/c1-3-9(8-4-5-8)10-6-7(2)11/h8-10H,3-6H2,1-2H3. The highest BCUT2D eigenvalue weighted by molar-refractivity contribution is 5.77. The number of hydrogen-bond donors (Lipinski definition) is 1. The largest absolute Gasteiger partial charge is 0.307 e. The predicted octanol–water partition coefficient (Wildman–Crippen LogP) is 1.35. The van der Waals surface area contributed by atoms with Crippen molar-refractivity contribution in [3.8, 4) is 0 Å². The van der Waals surface area contributed by atoms with E-state index in [1.807, 2.05) is 0 Å². The topological polar surface area (TPSA) is 29.1 Å². The lowest BCUT2D eigenvalue weighted by Crippen LogP contribution is -2.33. The Labute approximate surface area is 68.4 Å². The minimum absolute atomic E-state index is 0.240. The third-order valence-corrected chi connectivity index (χ3v) is 2.24. The van der Waals surface area contributed by atoms with Crippen LogP contribution in [0.2, 0.25) is 0 Å². The smallest absolute Gasteiger partial charge is 0.143 e. The van der Waals surface area contributed by atoms with Crippen LogP contribution in [-0.2, 0) is 4.79 Å². The first-order valence-electron chi connectivity index (χ1n) is 4.47. The fourth-order valence-corrected chi connectivity index (χ4v) is 1.42. The quantitative estimate of drug-likeness (QED) is 0.649. The van der Waals surface area contributed by atoms with E-state index in [4.69, 9.17) is 0 Å². The Morgan fingerprint density at radius 2 is 2.27 bits per heavy atom. The fraction of sp³-hybridized carbons (Fsp3) is 0.889. The highest BCUT2D eigenvalue weighted by Gasteiger charge is 2.29. The lowest BCUT2D eigenvalue weighted by Gasteiger charge is -2.14. The second-order valence-electron chi connectivity index (χ2n) is 3.44. The summed E-state index contributed by atoms with van der Waals surface area (Å²) in [6.07, 6.45) is 3.85. The molecule has 1 aliphatic carbocycles. The number of Topliss-reactive ketones (excluding diaryl/α,β-unsaturated/α-hetero) is 1. The molecule has 2 heteroatoms. The van der Waals surface area contributed by atoms with Crippen molar-refractivity contribution in [1.82, 2.24) is 5.32 Å². The molecule has 0 saturated heterocycles. The minimum Gasteiger partial charge on any atom is -0.307 e. The molecule has 0 bridgehead atoms. The summed E-state index contributed by atoms with van der Waals surface area (Å²) in [7, 11) is 0. The molecule has 1 saturated carbocycles. The van der Waals surface area contributed by atoms with Crippen LogP contribution in [0, 0.1) is 5.92 Å². The number of carbonyl (C=O) groups excluding carboxylic acids is 1. The maximum Gasteiger partial charge on any atom is 0.143 e. The van der Waals surface area contributed by atoms with Gasteiger partial charge in [0.2, 0.25) is 0 Å². The van der Waals surface area contributed by atoms with Gasteiger partial charge in [-0.2, -0.15) is 0 Å². The van der Waals surface area contributed by atoms with Crippen molar-refractivity contribution in [2.75, 3.05) is 6.54 Å². The van der Waals surface area contributed by atoms with E-state index in [0.29, 0.717) is 12.6 Å². The third kappa shape index (κ3) is 3.02. The summed E-state index contributed by atoms with van der Waals surface area (Å²) in [6, 6.07) is 0.596. The van der Waals surface area contributed by atoms with Crippen LogP contribution in [0.1, 0.15) is 33.1 Å². The number of ketones is 1. The second kappa shape index (κ2) is 3.86. The summed E-state index contributed by atoms with van der Waals surface area (Å²) >= 11 is 0. The van der Waals surface area contributed by atoms with Crippen LogP contribution in [0.5, 0.6) is 0 Å². The molecular weight excluding hydrogens is 138 g/mol. The summed E-state index contributed by atoms with van der Waals surface area (Å²) in [5, 5.41) is 3.28.